The van der Waals surface area contributed by atoms with E-state index in [-0.39, 0.29) is 11.9 Å². The molecule has 1 aliphatic rings. The highest BCUT2D eigenvalue weighted by Gasteiger charge is 2.23. The van der Waals surface area contributed by atoms with E-state index in [0.717, 1.165) is 38.3 Å². The fraction of sp³-hybridized carbons (Fsp3) is 0.933. The van der Waals surface area contributed by atoms with Gasteiger partial charge in [0.15, 0.2) is 0 Å². The molecule has 1 aliphatic carbocycles. The minimum atomic E-state index is -0.0591. The highest BCUT2D eigenvalue weighted by atomic mass is 16.5. The summed E-state index contributed by atoms with van der Waals surface area (Å²) in [5.41, 5.74) is 0. The van der Waals surface area contributed by atoms with Gasteiger partial charge in [0.1, 0.15) is 0 Å². The van der Waals surface area contributed by atoms with E-state index in [0.29, 0.717) is 6.04 Å². The summed E-state index contributed by atoms with van der Waals surface area (Å²) in [5, 5.41) is 3.20. The molecule has 0 aliphatic heterocycles. The van der Waals surface area contributed by atoms with Gasteiger partial charge in [0.25, 0.3) is 0 Å². The van der Waals surface area contributed by atoms with E-state index in [1.54, 1.807) is 7.11 Å². The molecule has 1 N–H and O–H groups in total. The highest BCUT2D eigenvalue weighted by molar-refractivity contribution is 5.81. The summed E-state index contributed by atoms with van der Waals surface area (Å²) in [4.78, 5) is 14.3. The third-order valence-corrected chi connectivity index (χ3v) is 4.26. The van der Waals surface area contributed by atoms with Gasteiger partial charge in [0.05, 0.1) is 6.04 Å². The Morgan fingerprint density at radius 1 is 1.37 bits per heavy atom. The predicted octanol–water partition coefficient (Wildman–Crippen LogP) is 2.04. The van der Waals surface area contributed by atoms with E-state index in [1.165, 1.54) is 12.8 Å². The van der Waals surface area contributed by atoms with E-state index in [1.807, 2.05) is 14.0 Å². The van der Waals surface area contributed by atoms with Crippen molar-refractivity contribution in [3.63, 3.8) is 0 Å². The molecule has 4 heteroatoms. The smallest absolute Gasteiger partial charge is 0.237 e. The number of carbonyl (C=O) groups is 1. The van der Waals surface area contributed by atoms with Crippen molar-refractivity contribution in [1.82, 2.24) is 10.2 Å². The quantitative estimate of drug-likeness (QED) is 0.720. The molecular formula is C15H30N2O2. The molecular weight excluding hydrogens is 240 g/mol. The first kappa shape index (κ1) is 16.4. The molecule has 0 radical (unpaired) electrons. The van der Waals surface area contributed by atoms with Crippen LogP contribution in [0.2, 0.25) is 0 Å². The van der Waals surface area contributed by atoms with Gasteiger partial charge in [-0.1, -0.05) is 6.92 Å². The van der Waals surface area contributed by atoms with Gasteiger partial charge in [-0.15, -0.1) is 0 Å². The number of nitrogens with zero attached hydrogens (tertiary/aromatic N) is 1. The zero-order valence-electron chi connectivity index (χ0n) is 12.9. The molecule has 0 spiro atoms. The summed E-state index contributed by atoms with van der Waals surface area (Å²) in [6.45, 7) is 5.92. The van der Waals surface area contributed by atoms with E-state index < -0.39 is 0 Å². The maximum atomic E-state index is 12.2. The Labute approximate surface area is 117 Å². The third-order valence-electron chi connectivity index (χ3n) is 4.26. The lowest BCUT2D eigenvalue weighted by molar-refractivity contribution is -0.126. The van der Waals surface area contributed by atoms with Crippen LogP contribution in [-0.4, -0.2) is 50.2 Å². The van der Waals surface area contributed by atoms with Gasteiger partial charge in [-0.2, -0.15) is 0 Å². The molecule has 0 heterocycles. The van der Waals surface area contributed by atoms with Crippen LogP contribution in [0, 0.1) is 5.92 Å². The van der Waals surface area contributed by atoms with Crippen LogP contribution in [0.25, 0.3) is 0 Å². The average molecular weight is 270 g/mol. The van der Waals surface area contributed by atoms with Crippen molar-refractivity contribution < 1.29 is 9.53 Å². The second-order valence-corrected chi connectivity index (χ2v) is 5.97. The lowest BCUT2D eigenvalue weighted by atomic mass is 9.87. The topological polar surface area (TPSA) is 41.6 Å². The third kappa shape index (κ3) is 5.91. The molecule has 1 rings (SSSR count). The molecule has 1 fully saturated rings. The van der Waals surface area contributed by atoms with Crippen LogP contribution < -0.4 is 5.32 Å². The van der Waals surface area contributed by atoms with Gasteiger partial charge < -0.3 is 10.1 Å². The maximum absolute atomic E-state index is 12.2. The van der Waals surface area contributed by atoms with Gasteiger partial charge in [-0.3, -0.25) is 9.69 Å². The molecule has 1 atom stereocenters. The Kier molecular flexibility index (Phi) is 7.39. The summed E-state index contributed by atoms with van der Waals surface area (Å²) in [6.07, 6.45) is 5.71. The monoisotopic (exact) mass is 270 g/mol. The Balaban J connectivity index is 2.27. The molecule has 112 valence electrons. The van der Waals surface area contributed by atoms with Crippen LogP contribution in [0.15, 0.2) is 0 Å². The number of nitrogens with one attached hydrogen (secondary N) is 1. The summed E-state index contributed by atoms with van der Waals surface area (Å²) < 4.78 is 5.04. The van der Waals surface area contributed by atoms with E-state index in [4.69, 9.17) is 4.74 Å². The van der Waals surface area contributed by atoms with Crippen LogP contribution in [0.3, 0.4) is 0 Å². The van der Waals surface area contributed by atoms with Crippen molar-refractivity contribution in [2.24, 2.45) is 5.92 Å². The first-order chi connectivity index (χ1) is 9.04. The summed E-state index contributed by atoms with van der Waals surface area (Å²) >= 11 is 0. The Bertz CT molecular complexity index is 263. The summed E-state index contributed by atoms with van der Waals surface area (Å²) in [6, 6.07) is 0.328. The summed E-state index contributed by atoms with van der Waals surface area (Å²) in [5.74, 6) is 0.988. The Morgan fingerprint density at radius 2 is 2.00 bits per heavy atom. The highest BCUT2D eigenvalue weighted by Crippen LogP contribution is 2.23. The van der Waals surface area contributed by atoms with E-state index in [2.05, 4.69) is 17.1 Å². The average Bonchev–Trinajstić information content (AvgIpc) is 2.40. The van der Waals surface area contributed by atoms with Crippen molar-refractivity contribution in [1.29, 1.82) is 0 Å². The Hall–Kier alpha value is -0.610. The standard InChI is InChI=1S/C15H30N2O2/c1-12-6-8-14(9-7-12)16-15(18)13(2)17(3)10-5-11-19-4/h12-14H,5-11H2,1-4H3,(H,16,18). The lowest BCUT2D eigenvalue weighted by Gasteiger charge is -2.30. The van der Waals surface area contributed by atoms with Gasteiger partial charge in [0.2, 0.25) is 5.91 Å². The SMILES string of the molecule is COCCCN(C)C(C)C(=O)NC1CCC(C)CC1. The van der Waals surface area contributed by atoms with Crippen molar-refractivity contribution in [2.45, 2.75) is 58.0 Å². The number of likely N-dealkylation sites (N-methyl/N-ethyl adjacent to an activating group) is 1. The minimum absolute atomic E-state index is 0.0591. The van der Waals surface area contributed by atoms with Crippen molar-refractivity contribution in [3.8, 4) is 0 Å². The molecule has 0 aromatic carbocycles. The number of methoxy groups -OCH3 is 1. The van der Waals surface area contributed by atoms with Gasteiger partial charge in [-0.25, -0.2) is 0 Å². The first-order valence-electron chi connectivity index (χ1n) is 7.54. The molecule has 1 amide bonds. The normalized spacial score (nSPS) is 25.3. The van der Waals surface area contributed by atoms with Crippen LogP contribution in [-0.2, 0) is 9.53 Å². The molecule has 1 unspecified atom stereocenters. The van der Waals surface area contributed by atoms with Gasteiger partial charge >= 0.3 is 0 Å². The van der Waals surface area contributed by atoms with Gasteiger partial charge in [0, 0.05) is 26.3 Å². The van der Waals surface area contributed by atoms with Crippen molar-refractivity contribution in [3.05, 3.63) is 0 Å². The zero-order chi connectivity index (χ0) is 14.3. The number of carbonyl (C=O) groups excluding carboxylic acids is 1. The molecule has 0 bridgehead atoms. The second kappa shape index (κ2) is 8.54. The first-order valence-corrected chi connectivity index (χ1v) is 7.54. The van der Waals surface area contributed by atoms with Gasteiger partial charge in [-0.05, 0) is 52.0 Å². The molecule has 0 aromatic heterocycles. The fourth-order valence-corrected chi connectivity index (χ4v) is 2.58. The van der Waals surface area contributed by atoms with Crippen LogP contribution in [0.1, 0.15) is 46.0 Å². The van der Waals surface area contributed by atoms with E-state index in [9.17, 15) is 4.79 Å². The minimum Gasteiger partial charge on any atom is -0.385 e. The number of ether oxygens (including phenoxy) is 1. The molecule has 0 saturated heterocycles. The Morgan fingerprint density at radius 3 is 2.58 bits per heavy atom. The van der Waals surface area contributed by atoms with Crippen molar-refractivity contribution in [2.75, 3.05) is 27.3 Å². The molecule has 0 aromatic rings. The molecule has 19 heavy (non-hydrogen) atoms. The number of hydrogen-bond acceptors (Lipinski definition) is 3. The number of hydrogen-bond donors (Lipinski definition) is 1. The van der Waals surface area contributed by atoms with Crippen LogP contribution in [0.4, 0.5) is 0 Å². The predicted molar refractivity (Wildman–Crippen MR) is 78.1 cm³/mol. The summed E-state index contributed by atoms with van der Waals surface area (Å²) in [7, 11) is 3.71. The molecule has 4 nitrogen and oxygen atoms in total. The van der Waals surface area contributed by atoms with Crippen molar-refractivity contribution >= 4 is 5.91 Å². The number of rotatable bonds is 7. The van der Waals surface area contributed by atoms with Crippen LogP contribution >= 0.6 is 0 Å². The zero-order valence-corrected chi connectivity index (χ0v) is 12.9. The lowest BCUT2D eigenvalue weighted by Crippen LogP contribution is -2.48. The molecule has 1 saturated carbocycles. The number of amides is 1. The second-order valence-electron chi connectivity index (χ2n) is 5.97. The van der Waals surface area contributed by atoms with E-state index >= 15 is 0 Å². The largest absolute Gasteiger partial charge is 0.385 e. The fourth-order valence-electron chi connectivity index (χ4n) is 2.58. The maximum Gasteiger partial charge on any atom is 0.237 e. The van der Waals surface area contributed by atoms with Crippen LogP contribution in [0.5, 0.6) is 0 Å².